The van der Waals surface area contributed by atoms with E-state index in [0.29, 0.717) is 19.8 Å². The van der Waals surface area contributed by atoms with Crippen molar-refractivity contribution in [2.24, 2.45) is 0 Å². The van der Waals surface area contributed by atoms with Gasteiger partial charge in [-0.05, 0) is 56.5 Å². The molecule has 5 nitrogen and oxygen atoms in total. The van der Waals surface area contributed by atoms with Crippen LogP contribution in [0.5, 0.6) is 0 Å². The molecule has 0 radical (unpaired) electrons. The topological polar surface area (TPSA) is 54.7 Å². The number of benzene rings is 1. The zero-order chi connectivity index (χ0) is 19.2. The number of ether oxygens (including phenoxy) is 1. The van der Waals surface area contributed by atoms with Gasteiger partial charge in [-0.25, -0.2) is 0 Å². The van der Waals surface area contributed by atoms with Gasteiger partial charge in [0.15, 0.2) is 0 Å². The van der Waals surface area contributed by atoms with Crippen molar-refractivity contribution in [3.05, 3.63) is 60.1 Å². The van der Waals surface area contributed by atoms with Gasteiger partial charge in [0.2, 0.25) is 5.91 Å². The summed E-state index contributed by atoms with van der Waals surface area (Å²) in [5.74, 6) is 1.04. The summed E-state index contributed by atoms with van der Waals surface area (Å²) in [5.41, 5.74) is 0.582. The van der Waals surface area contributed by atoms with Crippen LogP contribution in [0, 0.1) is 0 Å². The van der Waals surface area contributed by atoms with Crippen LogP contribution in [-0.4, -0.2) is 43.7 Å². The Balaban J connectivity index is 1.51. The fourth-order valence-corrected chi connectivity index (χ4v) is 4.60. The first kappa shape index (κ1) is 19.2. The zero-order valence-electron chi connectivity index (χ0n) is 16.4. The summed E-state index contributed by atoms with van der Waals surface area (Å²) < 4.78 is 11.3. The predicted octanol–water partition coefficient (Wildman–Crippen LogP) is 3.67. The average Bonchev–Trinajstić information content (AvgIpc) is 3.30. The summed E-state index contributed by atoms with van der Waals surface area (Å²) in [6, 6.07) is 14.2. The SMILES string of the molecule is O=C(NCC(c1ccco1)N1CCCCC1)C1(c2ccccc2)CCOCC1. The minimum absolute atomic E-state index is 0.0897. The Hall–Kier alpha value is -2.11. The van der Waals surface area contributed by atoms with Crippen molar-refractivity contribution in [3.63, 3.8) is 0 Å². The van der Waals surface area contributed by atoms with Crippen LogP contribution in [0.3, 0.4) is 0 Å². The van der Waals surface area contributed by atoms with E-state index in [1.807, 2.05) is 30.3 Å². The van der Waals surface area contributed by atoms with E-state index in [1.165, 1.54) is 19.3 Å². The van der Waals surface area contributed by atoms with Gasteiger partial charge in [0.05, 0.1) is 17.7 Å². The van der Waals surface area contributed by atoms with Crippen LogP contribution in [0.15, 0.2) is 53.1 Å². The predicted molar refractivity (Wildman–Crippen MR) is 108 cm³/mol. The van der Waals surface area contributed by atoms with Crippen molar-refractivity contribution in [2.45, 2.75) is 43.6 Å². The van der Waals surface area contributed by atoms with Crippen LogP contribution >= 0.6 is 0 Å². The van der Waals surface area contributed by atoms with Crippen LogP contribution in [0.4, 0.5) is 0 Å². The molecule has 2 fully saturated rings. The van der Waals surface area contributed by atoms with Crippen molar-refractivity contribution in [1.82, 2.24) is 10.2 Å². The Morgan fingerprint density at radius 2 is 1.79 bits per heavy atom. The van der Waals surface area contributed by atoms with E-state index in [-0.39, 0.29) is 11.9 Å². The quantitative estimate of drug-likeness (QED) is 0.828. The lowest BCUT2D eigenvalue weighted by Gasteiger charge is -2.38. The van der Waals surface area contributed by atoms with Crippen molar-refractivity contribution < 1.29 is 13.9 Å². The smallest absolute Gasteiger partial charge is 0.230 e. The number of rotatable bonds is 6. The maximum absolute atomic E-state index is 13.5. The first-order valence-electron chi connectivity index (χ1n) is 10.5. The highest BCUT2D eigenvalue weighted by atomic mass is 16.5. The number of furan rings is 1. The molecule has 1 unspecified atom stereocenters. The molecule has 2 aliphatic heterocycles. The molecule has 0 saturated carbocycles. The van der Waals surface area contributed by atoms with Crippen LogP contribution < -0.4 is 5.32 Å². The second-order valence-electron chi connectivity index (χ2n) is 7.90. The number of piperidine rings is 1. The lowest BCUT2D eigenvalue weighted by Crippen LogP contribution is -2.50. The maximum atomic E-state index is 13.5. The van der Waals surface area contributed by atoms with Crippen LogP contribution in [0.2, 0.25) is 0 Å². The van der Waals surface area contributed by atoms with E-state index in [0.717, 1.165) is 37.3 Å². The standard InChI is InChI=1S/C23H30N2O3/c26-22(23(11-16-27-17-12-23)19-8-3-1-4-9-19)24-18-20(21-10-7-15-28-21)25-13-5-2-6-14-25/h1,3-4,7-10,15,20H,2,5-6,11-14,16-18H2,(H,24,26). The number of nitrogens with zero attached hydrogens (tertiary/aromatic N) is 1. The molecule has 1 aromatic heterocycles. The van der Waals surface area contributed by atoms with Gasteiger partial charge in [-0.1, -0.05) is 36.8 Å². The normalized spacial score (nSPS) is 21.1. The molecule has 0 bridgehead atoms. The highest BCUT2D eigenvalue weighted by molar-refractivity contribution is 5.88. The molecule has 4 rings (SSSR count). The molecule has 1 amide bonds. The summed E-state index contributed by atoms with van der Waals surface area (Å²) in [7, 11) is 0. The molecule has 1 atom stereocenters. The van der Waals surface area contributed by atoms with Crippen molar-refractivity contribution in [3.8, 4) is 0 Å². The summed E-state index contributed by atoms with van der Waals surface area (Å²) in [5, 5.41) is 3.28. The second-order valence-corrected chi connectivity index (χ2v) is 7.90. The number of hydrogen-bond acceptors (Lipinski definition) is 4. The molecular formula is C23H30N2O3. The highest BCUT2D eigenvalue weighted by Gasteiger charge is 2.42. The summed E-state index contributed by atoms with van der Waals surface area (Å²) in [6.45, 7) is 3.92. The van der Waals surface area contributed by atoms with Gasteiger partial charge in [0.1, 0.15) is 5.76 Å². The Kier molecular flexibility index (Phi) is 6.13. The van der Waals surface area contributed by atoms with Gasteiger partial charge in [0, 0.05) is 19.8 Å². The molecule has 2 aromatic rings. The number of hydrogen-bond donors (Lipinski definition) is 1. The average molecular weight is 383 g/mol. The number of likely N-dealkylation sites (tertiary alicyclic amines) is 1. The molecule has 1 aromatic carbocycles. The van der Waals surface area contributed by atoms with E-state index in [2.05, 4.69) is 22.3 Å². The molecule has 0 aliphatic carbocycles. The van der Waals surface area contributed by atoms with E-state index in [9.17, 15) is 4.79 Å². The fraction of sp³-hybridized carbons (Fsp3) is 0.522. The number of nitrogens with one attached hydrogen (secondary N) is 1. The third-order valence-corrected chi connectivity index (χ3v) is 6.27. The van der Waals surface area contributed by atoms with Crippen LogP contribution in [-0.2, 0) is 14.9 Å². The van der Waals surface area contributed by atoms with Gasteiger partial charge in [-0.2, -0.15) is 0 Å². The minimum atomic E-state index is -0.505. The van der Waals surface area contributed by atoms with E-state index in [4.69, 9.17) is 9.15 Å². The van der Waals surface area contributed by atoms with Crippen molar-refractivity contribution in [2.75, 3.05) is 32.8 Å². The molecule has 2 aliphatic rings. The van der Waals surface area contributed by atoms with Crippen molar-refractivity contribution in [1.29, 1.82) is 0 Å². The Morgan fingerprint density at radius 1 is 1.04 bits per heavy atom. The van der Waals surface area contributed by atoms with Crippen LogP contribution in [0.1, 0.15) is 49.5 Å². The third-order valence-electron chi connectivity index (χ3n) is 6.27. The van der Waals surface area contributed by atoms with E-state index in [1.54, 1.807) is 6.26 Å². The van der Waals surface area contributed by atoms with E-state index < -0.39 is 5.41 Å². The zero-order valence-corrected chi connectivity index (χ0v) is 16.4. The summed E-state index contributed by atoms with van der Waals surface area (Å²) >= 11 is 0. The molecule has 3 heterocycles. The highest BCUT2D eigenvalue weighted by Crippen LogP contribution is 2.35. The summed E-state index contributed by atoms with van der Waals surface area (Å²) in [6.07, 6.45) is 6.85. The maximum Gasteiger partial charge on any atom is 0.230 e. The number of carbonyl (C=O) groups excluding carboxylic acids is 1. The van der Waals surface area contributed by atoms with E-state index >= 15 is 0 Å². The molecule has 150 valence electrons. The van der Waals surface area contributed by atoms with Crippen molar-refractivity contribution >= 4 is 5.91 Å². The van der Waals surface area contributed by atoms with Gasteiger partial charge in [-0.15, -0.1) is 0 Å². The lowest BCUT2D eigenvalue weighted by atomic mass is 9.73. The molecule has 28 heavy (non-hydrogen) atoms. The van der Waals surface area contributed by atoms with Crippen LogP contribution in [0.25, 0.3) is 0 Å². The molecule has 2 saturated heterocycles. The Bertz CT molecular complexity index is 732. The summed E-state index contributed by atoms with van der Waals surface area (Å²) in [4.78, 5) is 15.9. The fourth-order valence-electron chi connectivity index (χ4n) is 4.60. The monoisotopic (exact) mass is 382 g/mol. The molecule has 0 spiro atoms. The number of amides is 1. The first-order valence-corrected chi connectivity index (χ1v) is 10.5. The largest absolute Gasteiger partial charge is 0.468 e. The second kappa shape index (κ2) is 8.93. The Labute approximate surface area is 167 Å². The van der Waals surface area contributed by atoms with Gasteiger partial charge >= 0.3 is 0 Å². The Morgan fingerprint density at radius 3 is 2.46 bits per heavy atom. The molecule has 1 N–H and O–H groups in total. The van der Waals surface area contributed by atoms with Gasteiger partial charge in [-0.3, -0.25) is 9.69 Å². The van der Waals surface area contributed by atoms with Gasteiger partial charge < -0.3 is 14.5 Å². The minimum Gasteiger partial charge on any atom is -0.468 e. The molecular weight excluding hydrogens is 352 g/mol. The lowest BCUT2D eigenvalue weighted by molar-refractivity contribution is -0.130. The number of carbonyl (C=O) groups is 1. The third kappa shape index (κ3) is 4.01. The first-order chi connectivity index (χ1) is 13.8. The van der Waals surface area contributed by atoms with Gasteiger partial charge in [0.25, 0.3) is 0 Å². The molecule has 5 heteroatoms.